The summed E-state index contributed by atoms with van der Waals surface area (Å²) in [5.74, 6) is -0.840. The van der Waals surface area contributed by atoms with E-state index in [0.717, 1.165) is 64.2 Å². The average Bonchev–Trinajstić information content (AvgIpc) is 3.49. The summed E-state index contributed by atoms with van der Waals surface area (Å²) in [5, 5.41) is 0. The number of unbranched alkanes of at least 4 members (excludes halogenated alkanes) is 62. The minimum Gasteiger partial charge on any atom is -0.462 e. The molecule has 6 heteroatoms. The predicted octanol–water partition coefficient (Wildman–Crippen LogP) is 26.6. The van der Waals surface area contributed by atoms with E-state index in [1.165, 1.54) is 353 Å². The molecule has 0 aliphatic rings. The second-order valence-corrected chi connectivity index (χ2v) is 26.6. The first-order chi connectivity index (χ1) is 41.0. The Bertz CT molecular complexity index is 1250. The Balaban J connectivity index is 3.82. The number of hydrogen-bond donors (Lipinski definition) is 0. The van der Waals surface area contributed by atoms with Crippen molar-refractivity contribution >= 4 is 17.9 Å². The zero-order valence-corrected chi connectivity index (χ0v) is 57.0. The van der Waals surface area contributed by atoms with Crippen LogP contribution >= 0.6 is 0 Å². The van der Waals surface area contributed by atoms with E-state index in [1.807, 2.05) is 0 Å². The van der Waals surface area contributed by atoms with Gasteiger partial charge < -0.3 is 14.2 Å². The van der Waals surface area contributed by atoms with Gasteiger partial charge in [0.2, 0.25) is 0 Å². The van der Waals surface area contributed by atoms with Gasteiger partial charge in [-0.15, -0.1) is 0 Å². The monoisotopic (exact) mass is 1170 g/mol. The zero-order valence-electron chi connectivity index (χ0n) is 57.0. The minimum atomic E-state index is -0.761. The maximum atomic E-state index is 12.9. The SMILES string of the molecule is CCCCCCCCCCCCCCCCCCCCCCCCCCCCCCCCCCCCCC(=O)OCC(COC(=O)CCCCCCC)OC(=O)CCCCCCCCCCCCCCCCCCCCCCCCCCC. The molecule has 0 aliphatic heterocycles. The van der Waals surface area contributed by atoms with Crippen molar-refractivity contribution in [3.05, 3.63) is 0 Å². The molecule has 83 heavy (non-hydrogen) atoms. The standard InChI is InChI=1S/C77H150O6/c1-4-7-10-13-15-17-19-21-23-25-27-29-31-33-34-35-36-37-38-39-40-41-42-44-45-47-49-51-53-55-57-59-61-64-67-70-76(79)82-73-74(72-81-75(78)69-66-63-12-9-6-3)83-77(80)71-68-65-62-60-58-56-54-52-50-48-46-43-32-30-28-26-24-22-20-18-16-14-11-8-5-2/h74H,4-73H2,1-3H3. The van der Waals surface area contributed by atoms with Crippen LogP contribution < -0.4 is 0 Å². The van der Waals surface area contributed by atoms with Gasteiger partial charge in [0.05, 0.1) is 0 Å². The van der Waals surface area contributed by atoms with Crippen molar-refractivity contribution in [1.82, 2.24) is 0 Å². The fraction of sp³-hybridized carbons (Fsp3) is 0.961. The summed E-state index contributed by atoms with van der Waals surface area (Å²) in [5.41, 5.74) is 0. The summed E-state index contributed by atoms with van der Waals surface area (Å²) in [7, 11) is 0. The van der Waals surface area contributed by atoms with E-state index in [2.05, 4.69) is 20.8 Å². The second kappa shape index (κ2) is 72.9. The molecule has 1 unspecified atom stereocenters. The van der Waals surface area contributed by atoms with Crippen molar-refractivity contribution in [2.45, 2.75) is 463 Å². The lowest BCUT2D eigenvalue weighted by Gasteiger charge is -2.18. The van der Waals surface area contributed by atoms with E-state index in [9.17, 15) is 14.4 Å². The molecule has 0 N–H and O–H groups in total. The van der Waals surface area contributed by atoms with Crippen LogP contribution in [-0.2, 0) is 28.6 Å². The highest BCUT2D eigenvalue weighted by molar-refractivity contribution is 5.71. The highest BCUT2D eigenvalue weighted by Crippen LogP contribution is 2.20. The molecule has 0 aromatic heterocycles. The molecule has 0 aromatic carbocycles. The summed E-state index contributed by atoms with van der Waals surface area (Å²) >= 11 is 0. The topological polar surface area (TPSA) is 78.9 Å². The van der Waals surface area contributed by atoms with Crippen LogP contribution in [0.3, 0.4) is 0 Å². The van der Waals surface area contributed by atoms with Crippen molar-refractivity contribution in [2.24, 2.45) is 0 Å². The molecular weight excluding hydrogens is 1020 g/mol. The Kier molecular flexibility index (Phi) is 71.5. The molecule has 0 bridgehead atoms. The first kappa shape index (κ1) is 81.4. The molecule has 494 valence electrons. The first-order valence-electron chi connectivity index (χ1n) is 38.5. The summed E-state index contributed by atoms with van der Waals surface area (Å²) in [6.07, 6.45) is 88.1. The predicted molar refractivity (Wildman–Crippen MR) is 363 cm³/mol. The molecule has 0 spiro atoms. The molecule has 0 fully saturated rings. The van der Waals surface area contributed by atoms with Gasteiger partial charge in [0.1, 0.15) is 13.2 Å². The third kappa shape index (κ3) is 71.1. The van der Waals surface area contributed by atoms with Gasteiger partial charge in [0.15, 0.2) is 6.10 Å². The molecule has 0 saturated carbocycles. The zero-order chi connectivity index (χ0) is 59.9. The van der Waals surface area contributed by atoms with Gasteiger partial charge in [-0.25, -0.2) is 0 Å². The summed E-state index contributed by atoms with van der Waals surface area (Å²) < 4.78 is 16.9. The average molecular weight is 1170 g/mol. The maximum absolute atomic E-state index is 12.9. The van der Waals surface area contributed by atoms with Crippen molar-refractivity contribution < 1.29 is 28.6 Å². The Morgan fingerprint density at radius 3 is 0.482 bits per heavy atom. The number of esters is 3. The Morgan fingerprint density at radius 2 is 0.325 bits per heavy atom. The molecule has 0 aromatic rings. The molecule has 0 rings (SSSR count). The quantitative estimate of drug-likeness (QED) is 0.0343. The normalized spacial score (nSPS) is 11.9. The smallest absolute Gasteiger partial charge is 0.306 e. The number of carbonyl (C=O) groups is 3. The molecule has 0 saturated heterocycles. The highest BCUT2D eigenvalue weighted by Gasteiger charge is 2.20. The Hall–Kier alpha value is -1.59. The number of hydrogen-bond acceptors (Lipinski definition) is 6. The van der Waals surface area contributed by atoms with Crippen LogP contribution in [0.4, 0.5) is 0 Å². The van der Waals surface area contributed by atoms with Gasteiger partial charge in [0.25, 0.3) is 0 Å². The lowest BCUT2D eigenvalue weighted by molar-refractivity contribution is -0.167. The van der Waals surface area contributed by atoms with E-state index in [4.69, 9.17) is 14.2 Å². The fourth-order valence-corrected chi connectivity index (χ4v) is 12.3. The molecular formula is C77H150O6. The van der Waals surface area contributed by atoms with Gasteiger partial charge in [-0.1, -0.05) is 419 Å². The third-order valence-electron chi connectivity index (χ3n) is 18.1. The van der Waals surface area contributed by atoms with E-state index >= 15 is 0 Å². The second-order valence-electron chi connectivity index (χ2n) is 26.6. The van der Waals surface area contributed by atoms with E-state index < -0.39 is 6.10 Å². The van der Waals surface area contributed by atoms with Gasteiger partial charge >= 0.3 is 17.9 Å². The van der Waals surface area contributed by atoms with Crippen molar-refractivity contribution in [1.29, 1.82) is 0 Å². The number of carbonyl (C=O) groups excluding carboxylic acids is 3. The lowest BCUT2D eigenvalue weighted by atomic mass is 10.0. The molecule has 1 atom stereocenters. The van der Waals surface area contributed by atoms with Crippen LogP contribution in [-0.4, -0.2) is 37.2 Å². The van der Waals surface area contributed by atoms with Crippen LogP contribution in [0.1, 0.15) is 457 Å². The summed E-state index contributed by atoms with van der Waals surface area (Å²) in [6, 6.07) is 0. The van der Waals surface area contributed by atoms with E-state index in [0.29, 0.717) is 19.3 Å². The first-order valence-corrected chi connectivity index (χ1v) is 38.5. The molecule has 0 heterocycles. The molecule has 6 nitrogen and oxygen atoms in total. The van der Waals surface area contributed by atoms with Gasteiger partial charge in [-0.2, -0.15) is 0 Å². The van der Waals surface area contributed by atoms with Crippen LogP contribution in [0, 0.1) is 0 Å². The Labute approximate surface area is 520 Å². The van der Waals surface area contributed by atoms with Crippen LogP contribution in [0.15, 0.2) is 0 Å². The third-order valence-corrected chi connectivity index (χ3v) is 18.1. The van der Waals surface area contributed by atoms with Crippen LogP contribution in [0.5, 0.6) is 0 Å². The summed E-state index contributed by atoms with van der Waals surface area (Å²) in [4.78, 5) is 38.1. The Morgan fingerprint density at radius 1 is 0.193 bits per heavy atom. The van der Waals surface area contributed by atoms with E-state index in [1.54, 1.807) is 0 Å². The molecule has 0 radical (unpaired) electrons. The minimum absolute atomic E-state index is 0.0620. The van der Waals surface area contributed by atoms with Crippen LogP contribution in [0.2, 0.25) is 0 Å². The maximum Gasteiger partial charge on any atom is 0.306 e. The fourth-order valence-electron chi connectivity index (χ4n) is 12.3. The lowest BCUT2D eigenvalue weighted by Crippen LogP contribution is -2.30. The molecule has 0 amide bonds. The van der Waals surface area contributed by atoms with Gasteiger partial charge in [-0.05, 0) is 19.3 Å². The van der Waals surface area contributed by atoms with Crippen molar-refractivity contribution in [2.75, 3.05) is 13.2 Å². The number of rotatable bonds is 73. The summed E-state index contributed by atoms with van der Waals surface area (Å²) in [6.45, 7) is 6.66. The highest BCUT2D eigenvalue weighted by atomic mass is 16.6. The molecule has 0 aliphatic carbocycles. The van der Waals surface area contributed by atoms with E-state index in [-0.39, 0.29) is 31.1 Å². The van der Waals surface area contributed by atoms with Crippen molar-refractivity contribution in [3.63, 3.8) is 0 Å². The van der Waals surface area contributed by atoms with Gasteiger partial charge in [-0.3, -0.25) is 14.4 Å². The largest absolute Gasteiger partial charge is 0.462 e. The van der Waals surface area contributed by atoms with Gasteiger partial charge in [0, 0.05) is 19.3 Å². The van der Waals surface area contributed by atoms with Crippen molar-refractivity contribution in [3.8, 4) is 0 Å². The van der Waals surface area contributed by atoms with Crippen LogP contribution in [0.25, 0.3) is 0 Å². The number of ether oxygens (including phenoxy) is 3.